The van der Waals surface area contributed by atoms with Gasteiger partial charge in [-0.2, -0.15) is 5.21 Å². The second-order valence-corrected chi connectivity index (χ2v) is 11.4. The van der Waals surface area contributed by atoms with E-state index in [-0.39, 0.29) is 5.91 Å². The Balaban J connectivity index is 1.25. The molecule has 1 amide bonds. The fourth-order valence-electron chi connectivity index (χ4n) is 4.80. The number of nitrogen functional groups attached to an aromatic ring is 1. The summed E-state index contributed by atoms with van der Waals surface area (Å²) in [6.45, 7) is 4.98. The number of carbonyl (C=O) groups is 1. The SMILES string of the molecule is Nc1nc(-c2cc(C=C3SC(=S)N(CCCc4nn[nH]n4)C3=O)ccc2OCCN2CCOCC2)nc2ccccc12. The number of H-pyrrole nitrogens is 1. The summed E-state index contributed by atoms with van der Waals surface area (Å²) in [7, 11) is 0. The summed E-state index contributed by atoms with van der Waals surface area (Å²) in [5.41, 5.74) is 8.56. The number of nitrogens with zero attached hydrogens (tertiary/aromatic N) is 7. The maximum atomic E-state index is 13.2. The minimum atomic E-state index is -0.128. The number of aromatic amines is 1. The summed E-state index contributed by atoms with van der Waals surface area (Å²) in [5, 5.41) is 14.7. The third-order valence-corrected chi connectivity index (χ3v) is 8.37. The lowest BCUT2D eigenvalue weighted by molar-refractivity contribution is -0.122. The lowest BCUT2D eigenvalue weighted by Crippen LogP contribution is -2.38. The van der Waals surface area contributed by atoms with Gasteiger partial charge in [-0.1, -0.05) is 47.4 Å². The fraction of sp³-hybridized carbons (Fsp3) is 0.321. The van der Waals surface area contributed by atoms with E-state index in [1.165, 1.54) is 11.8 Å². The zero-order chi connectivity index (χ0) is 28.9. The number of morpholine rings is 1. The quantitative estimate of drug-likeness (QED) is 0.203. The van der Waals surface area contributed by atoms with Gasteiger partial charge in [-0.15, -0.1) is 10.2 Å². The molecule has 2 aliphatic rings. The Hall–Kier alpha value is -3.98. The molecule has 6 rings (SSSR count). The maximum absolute atomic E-state index is 13.2. The summed E-state index contributed by atoms with van der Waals surface area (Å²) >= 11 is 6.81. The molecule has 0 unspecified atom stereocenters. The zero-order valence-corrected chi connectivity index (χ0v) is 24.4. The number of benzene rings is 2. The molecule has 4 heterocycles. The van der Waals surface area contributed by atoms with Gasteiger partial charge in [-0.25, -0.2) is 9.97 Å². The van der Waals surface area contributed by atoms with Crippen molar-refractivity contribution >= 4 is 57.0 Å². The van der Waals surface area contributed by atoms with Crippen molar-refractivity contribution in [3.05, 3.63) is 58.8 Å². The predicted octanol–water partition coefficient (Wildman–Crippen LogP) is 2.94. The van der Waals surface area contributed by atoms with Crippen molar-refractivity contribution in [3.63, 3.8) is 0 Å². The van der Waals surface area contributed by atoms with Gasteiger partial charge in [0.2, 0.25) is 0 Å². The molecule has 2 fully saturated rings. The van der Waals surface area contributed by atoms with Crippen molar-refractivity contribution in [2.45, 2.75) is 12.8 Å². The highest BCUT2D eigenvalue weighted by molar-refractivity contribution is 8.26. The molecular formula is C28H29N9O3S2. The first-order chi connectivity index (χ1) is 20.5. The van der Waals surface area contributed by atoms with Crippen LogP contribution < -0.4 is 10.5 Å². The van der Waals surface area contributed by atoms with Crippen LogP contribution in [0.15, 0.2) is 47.4 Å². The van der Waals surface area contributed by atoms with Crippen LogP contribution in [0.5, 0.6) is 5.75 Å². The monoisotopic (exact) mass is 603 g/mol. The molecule has 2 aromatic heterocycles. The first kappa shape index (κ1) is 28.2. The number of hydrogen-bond donors (Lipinski definition) is 2. The predicted molar refractivity (Wildman–Crippen MR) is 165 cm³/mol. The molecule has 4 aromatic rings. The number of tetrazole rings is 1. The maximum Gasteiger partial charge on any atom is 0.266 e. The number of nitrogens with one attached hydrogen (secondary N) is 1. The Morgan fingerprint density at radius 2 is 2.00 bits per heavy atom. The number of hydrogen-bond acceptors (Lipinski definition) is 12. The third-order valence-electron chi connectivity index (χ3n) is 6.99. The van der Waals surface area contributed by atoms with Gasteiger partial charge in [-0.05, 0) is 42.3 Å². The zero-order valence-electron chi connectivity index (χ0n) is 22.7. The molecule has 14 heteroatoms. The Bertz CT molecular complexity index is 1620. The lowest BCUT2D eigenvalue weighted by atomic mass is 10.1. The van der Waals surface area contributed by atoms with Crippen LogP contribution in [0, 0.1) is 0 Å². The number of rotatable bonds is 10. The van der Waals surface area contributed by atoms with Crippen molar-refractivity contribution < 1.29 is 14.3 Å². The van der Waals surface area contributed by atoms with Gasteiger partial charge in [0, 0.05) is 38.0 Å². The number of para-hydroxylation sites is 1. The first-order valence-electron chi connectivity index (χ1n) is 13.6. The molecule has 42 heavy (non-hydrogen) atoms. The topological polar surface area (TPSA) is 148 Å². The number of thioether (sulfide) groups is 1. The van der Waals surface area contributed by atoms with Crippen LogP contribution in [0.25, 0.3) is 28.4 Å². The van der Waals surface area contributed by atoms with E-state index in [1.807, 2.05) is 48.5 Å². The number of fused-ring (bicyclic) bond motifs is 1. The molecule has 0 bridgehead atoms. The normalized spacial score (nSPS) is 17.0. The van der Waals surface area contributed by atoms with E-state index in [2.05, 4.69) is 30.5 Å². The van der Waals surface area contributed by atoms with E-state index in [4.69, 9.17) is 32.4 Å². The van der Waals surface area contributed by atoms with E-state index >= 15 is 0 Å². The Morgan fingerprint density at radius 1 is 1.14 bits per heavy atom. The first-order valence-corrected chi connectivity index (χ1v) is 14.8. The number of aromatic nitrogens is 6. The van der Waals surface area contributed by atoms with Crippen molar-refractivity contribution in [2.24, 2.45) is 0 Å². The Morgan fingerprint density at radius 3 is 2.83 bits per heavy atom. The van der Waals surface area contributed by atoms with Crippen LogP contribution in [-0.4, -0.2) is 96.6 Å². The number of amides is 1. The summed E-state index contributed by atoms with van der Waals surface area (Å²) in [5.74, 6) is 1.96. The van der Waals surface area contributed by atoms with Crippen LogP contribution in [-0.2, 0) is 16.0 Å². The van der Waals surface area contributed by atoms with Gasteiger partial charge in [0.15, 0.2) is 11.6 Å². The van der Waals surface area contributed by atoms with Crippen LogP contribution in [0.1, 0.15) is 17.8 Å². The summed E-state index contributed by atoms with van der Waals surface area (Å²) in [4.78, 5) is 27.1. The second kappa shape index (κ2) is 12.9. The average Bonchev–Trinajstić information content (AvgIpc) is 3.62. The number of ether oxygens (including phenoxy) is 2. The number of nitrogens with two attached hydrogens (primary N) is 1. The molecule has 0 atom stereocenters. The Labute approximate surface area is 251 Å². The van der Waals surface area contributed by atoms with Gasteiger partial charge in [-0.3, -0.25) is 14.6 Å². The van der Waals surface area contributed by atoms with Gasteiger partial charge in [0.05, 0.1) is 29.2 Å². The van der Waals surface area contributed by atoms with Gasteiger partial charge in [0.1, 0.15) is 22.5 Å². The van der Waals surface area contributed by atoms with E-state index < -0.39 is 0 Å². The molecule has 0 radical (unpaired) electrons. The van der Waals surface area contributed by atoms with Gasteiger partial charge >= 0.3 is 0 Å². The fourth-order valence-corrected chi connectivity index (χ4v) is 6.11. The molecule has 0 saturated carbocycles. The average molecular weight is 604 g/mol. The number of anilines is 1. The van der Waals surface area contributed by atoms with E-state index in [0.29, 0.717) is 64.0 Å². The van der Waals surface area contributed by atoms with Crippen molar-refractivity contribution in [1.82, 2.24) is 40.4 Å². The van der Waals surface area contributed by atoms with Crippen LogP contribution >= 0.6 is 24.0 Å². The number of thiocarbonyl (C=S) groups is 1. The summed E-state index contributed by atoms with van der Waals surface area (Å²) in [6, 6.07) is 13.4. The minimum absolute atomic E-state index is 0.128. The molecule has 0 spiro atoms. The molecule has 2 aliphatic heterocycles. The largest absolute Gasteiger partial charge is 0.491 e. The molecule has 2 saturated heterocycles. The molecule has 216 valence electrons. The standard InChI is InChI=1S/C28H29N9O3S2/c29-25-19-4-1-2-5-21(19)30-26(31-25)20-16-18(7-8-22(20)40-15-12-36-10-13-39-14-11-36)17-23-27(38)37(28(41)42-23)9-3-6-24-32-34-35-33-24/h1-2,4-5,7-8,16-17H,3,6,9-15H2,(H2,29,30,31)(H,32,33,34,35). The number of aryl methyl sites for hydroxylation is 1. The second-order valence-electron chi connectivity index (χ2n) is 9.77. The van der Waals surface area contributed by atoms with Crippen molar-refractivity contribution in [2.75, 3.05) is 51.7 Å². The highest BCUT2D eigenvalue weighted by Crippen LogP contribution is 2.36. The van der Waals surface area contributed by atoms with Crippen LogP contribution in [0.4, 0.5) is 5.82 Å². The van der Waals surface area contributed by atoms with Gasteiger partial charge in [0.25, 0.3) is 5.91 Å². The minimum Gasteiger partial charge on any atom is -0.491 e. The molecule has 3 N–H and O–H groups in total. The molecule has 0 aliphatic carbocycles. The van der Waals surface area contributed by atoms with Crippen molar-refractivity contribution in [3.8, 4) is 17.1 Å². The van der Waals surface area contributed by atoms with E-state index in [1.54, 1.807) is 4.90 Å². The lowest BCUT2D eigenvalue weighted by Gasteiger charge is -2.26. The van der Waals surface area contributed by atoms with Gasteiger partial charge < -0.3 is 15.2 Å². The number of carbonyl (C=O) groups excluding carboxylic acids is 1. The molecule has 12 nitrogen and oxygen atoms in total. The third kappa shape index (κ3) is 6.41. The summed E-state index contributed by atoms with van der Waals surface area (Å²) in [6.07, 6.45) is 3.10. The van der Waals surface area contributed by atoms with Crippen LogP contribution in [0.2, 0.25) is 0 Å². The Kier molecular flexibility index (Phi) is 8.65. The summed E-state index contributed by atoms with van der Waals surface area (Å²) < 4.78 is 12.2. The molecular weight excluding hydrogens is 575 g/mol. The highest BCUT2D eigenvalue weighted by Gasteiger charge is 2.31. The van der Waals surface area contributed by atoms with E-state index in [9.17, 15) is 4.79 Å². The molecule has 2 aromatic carbocycles. The van der Waals surface area contributed by atoms with E-state index in [0.717, 1.165) is 49.3 Å². The van der Waals surface area contributed by atoms with Crippen LogP contribution in [0.3, 0.4) is 0 Å². The van der Waals surface area contributed by atoms with Crippen molar-refractivity contribution in [1.29, 1.82) is 0 Å². The highest BCUT2D eigenvalue weighted by atomic mass is 32.2. The smallest absolute Gasteiger partial charge is 0.266 e.